The van der Waals surface area contributed by atoms with Gasteiger partial charge >= 0.3 is 5.97 Å². The number of anilines is 1. The summed E-state index contributed by atoms with van der Waals surface area (Å²) in [5.41, 5.74) is -0.162. The minimum absolute atomic E-state index is 0.00817. The number of rotatable bonds is 5. The van der Waals surface area contributed by atoms with Crippen LogP contribution in [0.25, 0.3) is 0 Å². The Bertz CT molecular complexity index is 625. The molecule has 2 aromatic rings. The number of carbonyl (C=O) groups is 2. The van der Waals surface area contributed by atoms with E-state index in [-0.39, 0.29) is 23.6 Å². The largest absolute Gasteiger partial charge is 0.478 e. The summed E-state index contributed by atoms with van der Waals surface area (Å²) >= 11 is 1.56. The second kappa shape index (κ2) is 6.29. The van der Waals surface area contributed by atoms with Gasteiger partial charge in [0.15, 0.2) is 0 Å². The van der Waals surface area contributed by atoms with Crippen molar-refractivity contribution >= 4 is 28.9 Å². The zero-order chi connectivity index (χ0) is 14.5. The fourth-order valence-electron chi connectivity index (χ4n) is 1.65. The molecule has 2 rings (SSSR count). The van der Waals surface area contributed by atoms with E-state index in [1.54, 1.807) is 11.3 Å². The average molecular weight is 293 g/mol. The molecule has 0 saturated carbocycles. The lowest BCUT2D eigenvalue weighted by Gasteiger charge is -2.06. The fourth-order valence-corrected chi connectivity index (χ4v) is 2.36. The highest BCUT2D eigenvalue weighted by atomic mass is 32.1. The maximum Gasteiger partial charge on any atom is 0.335 e. The summed E-state index contributed by atoms with van der Waals surface area (Å²) in [6.45, 7) is 0. The molecule has 104 valence electrons. The van der Waals surface area contributed by atoms with E-state index in [4.69, 9.17) is 5.11 Å². The first kappa shape index (κ1) is 14.2. The molecule has 20 heavy (non-hydrogen) atoms. The number of carbonyl (C=O) groups excluding carboxylic acids is 1. The van der Waals surface area contributed by atoms with Crippen molar-refractivity contribution in [1.29, 1.82) is 0 Å². The summed E-state index contributed by atoms with van der Waals surface area (Å²) in [6.07, 6.45) is 0.846. The Morgan fingerprint density at radius 2 is 2.10 bits per heavy atom. The summed E-state index contributed by atoms with van der Waals surface area (Å²) in [7, 11) is 0. The lowest BCUT2D eigenvalue weighted by atomic mass is 10.2. The third-order valence-corrected chi connectivity index (χ3v) is 3.60. The molecule has 0 spiro atoms. The Labute approximate surface area is 118 Å². The summed E-state index contributed by atoms with van der Waals surface area (Å²) in [5.74, 6) is -2.27. The SMILES string of the molecule is O=C(CCc1cccs1)Nc1ccc(C(=O)O)cc1F. The molecule has 1 aromatic carbocycles. The van der Waals surface area contributed by atoms with E-state index in [1.165, 1.54) is 12.1 Å². The molecule has 1 amide bonds. The van der Waals surface area contributed by atoms with Gasteiger partial charge in [0.2, 0.25) is 5.91 Å². The van der Waals surface area contributed by atoms with Crippen LogP contribution in [-0.2, 0) is 11.2 Å². The molecular weight excluding hydrogens is 281 g/mol. The van der Waals surface area contributed by atoms with E-state index >= 15 is 0 Å². The first-order valence-corrected chi connectivity index (χ1v) is 6.79. The molecule has 0 radical (unpaired) electrons. The minimum Gasteiger partial charge on any atom is -0.478 e. The maximum absolute atomic E-state index is 13.6. The lowest BCUT2D eigenvalue weighted by molar-refractivity contribution is -0.116. The van der Waals surface area contributed by atoms with Crippen LogP contribution in [0, 0.1) is 5.82 Å². The number of benzene rings is 1. The van der Waals surface area contributed by atoms with E-state index in [0.717, 1.165) is 10.9 Å². The predicted octanol–water partition coefficient (Wildman–Crippen LogP) is 3.16. The van der Waals surface area contributed by atoms with Gasteiger partial charge in [-0.3, -0.25) is 4.79 Å². The van der Waals surface area contributed by atoms with E-state index < -0.39 is 11.8 Å². The molecule has 1 heterocycles. The summed E-state index contributed by atoms with van der Waals surface area (Å²) in [6, 6.07) is 7.22. The van der Waals surface area contributed by atoms with Gasteiger partial charge in [0.1, 0.15) is 5.82 Å². The van der Waals surface area contributed by atoms with Gasteiger partial charge in [-0.15, -0.1) is 11.3 Å². The van der Waals surface area contributed by atoms with Gasteiger partial charge in [0.05, 0.1) is 11.3 Å². The van der Waals surface area contributed by atoms with Crippen LogP contribution in [0.1, 0.15) is 21.7 Å². The van der Waals surface area contributed by atoms with Crippen LogP contribution in [0.2, 0.25) is 0 Å². The number of amides is 1. The molecule has 0 saturated heterocycles. The van der Waals surface area contributed by atoms with Gasteiger partial charge < -0.3 is 10.4 Å². The van der Waals surface area contributed by atoms with Gasteiger partial charge in [-0.2, -0.15) is 0 Å². The number of nitrogens with one attached hydrogen (secondary N) is 1. The van der Waals surface area contributed by atoms with Gasteiger partial charge in [0.25, 0.3) is 0 Å². The molecule has 0 atom stereocenters. The minimum atomic E-state index is -1.21. The number of aryl methyl sites for hydroxylation is 1. The zero-order valence-corrected chi connectivity index (χ0v) is 11.2. The highest BCUT2D eigenvalue weighted by Gasteiger charge is 2.11. The Morgan fingerprint density at radius 1 is 1.30 bits per heavy atom. The molecule has 0 fully saturated rings. The summed E-state index contributed by atoms with van der Waals surface area (Å²) in [5, 5.41) is 13.1. The van der Waals surface area contributed by atoms with Gasteiger partial charge in [0, 0.05) is 11.3 Å². The molecule has 0 bridgehead atoms. The van der Waals surface area contributed by atoms with Gasteiger partial charge in [-0.05, 0) is 36.1 Å². The number of halogens is 1. The van der Waals surface area contributed by atoms with Crippen molar-refractivity contribution in [1.82, 2.24) is 0 Å². The molecule has 0 aliphatic heterocycles. The second-order valence-corrected chi connectivity index (χ2v) is 5.16. The monoisotopic (exact) mass is 293 g/mol. The van der Waals surface area contributed by atoms with Crippen molar-refractivity contribution < 1.29 is 19.1 Å². The van der Waals surface area contributed by atoms with E-state index in [2.05, 4.69) is 5.32 Å². The van der Waals surface area contributed by atoms with Crippen LogP contribution in [0.15, 0.2) is 35.7 Å². The quantitative estimate of drug-likeness (QED) is 0.890. The molecule has 0 aliphatic carbocycles. The highest BCUT2D eigenvalue weighted by molar-refractivity contribution is 7.09. The van der Waals surface area contributed by atoms with Crippen LogP contribution < -0.4 is 5.32 Å². The highest BCUT2D eigenvalue weighted by Crippen LogP contribution is 2.17. The molecule has 6 heteroatoms. The molecule has 4 nitrogen and oxygen atoms in total. The molecular formula is C14H12FNO3S. The number of carboxylic acids is 1. The zero-order valence-electron chi connectivity index (χ0n) is 10.4. The normalized spacial score (nSPS) is 10.2. The van der Waals surface area contributed by atoms with Crippen molar-refractivity contribution in [2.45, 2.75) is 12.8 Å². The van der Waals surface area contributed by atoms with Crippen molar-refractivity contribution in [3.63, 3.8) is 0 Å². The number of hydrogen-bond donors (Lipinski definition) is 2. The van der Waals surface area contributed by atoms with Crippen LogP contribution in [-0.4, -0.2) is 17.0 Å². The Hall–Kier alpha value is -2.21. The molecule has 2 N–H and O–H groups in total. The first-order chi connectivity index (χ1) is 9.56. The van der Waals surface area contributed by atoms with Crippen molar-refractivity contribution in [3.05, 3.63) is 52.0 Å². The third kappa shape index (κ3) is 3.64. The Balaban J connectivity index is 1.95. The first-order valence-electron chi connectivity index (χ1n) is 5.91. The van der Waals surface area contributed by atoms with Crippen LogP contribution in [0.4, 0.5) is 10.1 Å². The van der Waals surface area contributed by atoms with Crippen LogP contribution >= 0.6 is 11.3 Å². The van der Waals surface area contributed by atoms with E-state index in [1.807, 2.05) is 17.5 Å². The topological polar surface area (TPSA) is 66.4 Å². The van der Waals surface area contributed by atoms with Crippen molar-refractivity contribution in [2.75, 3.05) is 5.32 Å². The van der Waals surface area contributed by atoms with Crippen molar-refractivity contribution in [3.8, 4) is 0 Å². The number of carboxylic acid groups (broad SMARTS) is 1. The number of hydrogen-bond acceptors (Lipinski definition) is 3. The average Bonchev–Trinajstić information content (AvgIpc) is 2.91. The van der Waals surface area contributed by atoms with Gasteiger partial charge in [-0.25, -0.2) is 9.18 Å². The van der Waals surface area contributed by atoms with Crippen molar-refractivity contribution in [2.24, 2.45) is 0 Å². The fraction of sp³-hybridized carbons (Fsp3) is 0.143. The second-order valence-electron chi connectivity index (χ2n) is 4.13. The number of aromatic carboxylic acids is 1. The van der Waals surface area contributed by atoms with Gasteiger partial charge in [-0.1, -0.05) is 6.07 Å². The predicted molar refractivity (Wildman–Crippen MR) is 74.6 cm³/mol. The Morgan fingerprint density at radius 3 is 2.70 bits per heavy atom. The maximum atomic E-state index is 13.6. The Kier molecular flexibility index (Phi) is 4.47. The standard InChI is InChI=1S/C14H12FNO3S/c15-11-8-9(14(18)19)3-5-12(11)16-13(17)6-4-10-2-1-7-20-10/h1-3,5,7-8H,4,6H2,(H,16,17)(H,18,19). The molecule has 1 aromatic heterocycles. The molecule has 0 unspecified atom stereocenters. The van der Waals surface area contributed by atoms with Crippen LogP contribution in [0.3, 0.4) is 0 Å². The third-order valence-electron chi connectivity index (χ3n) is 2.67. The number of thiophene rings is 1. The smallest absolute Gasteiger partial charge is 0.335 e. The van der Waals surface area contributed by atoms with E-state index in [9.17, 15) is 14.0 Å². The summed E-state index contributed by atoms with van der Waals surface area (Å²) in [4.78, 5) is 23.4. The van der Waals surface area contributed by atoms with Crippen LogP contribution in [0.5, 0.6) is 0 Å². The molecule has 0 aliphatic rings. The van der Waals surface area contributed by atoms with E-state index in [0.29, 0.717) is 6.42 Å². The lowest BCUT2D eigenvalue weighted by Crippen LogP contribution is -2.13. The summed E-state index contributed by atoms with van der Waals surface area (Å²) < 4.78 is 13.6.